The molecule has 1 N–H and O–H groups in total. The Hall–Kier alpha value is -2.04. The summed E-state index contributed by atoms with van der Waals surface area (Å²) in [6.45, 7) is 8.58. The van der Waals surface area contributed by atoms with E-state index in [0.29, 0.717) is 6.61 Å². The minimum absolute atomic E-state index is 0.334. The van der Waals surface area contributed by atoms with Crippen LogP contribution in [0.3, 0.4) is 0 Å². The second-order valence-corrected chi connectivity index (χ2v) is 4.67. The van der Waals surface area contributed by atoms with Crippen LogP contribution in [-0.4, -0.2) is 32.0 Å². The van der Waals surface area contributed by atoms with Crippen LogP contribution in [0.25, 0.3) is 0 Å². The minimum Gasteiger partial charge on any atom is -0.449 e. The summed E-state index contributed by atoms with van der Waals surface area (Å²) in [7, 11) is 0. The highest BCUT2D eigenvalue weighted by Gasteiger charge is 2.03. The highest BCUT2D eigenvalue weighted by molar-refractivity contribution is 5.81. The van der Waals surface area contributed by atoms with Crippen molar-refractivity contribution in [2.45, 2.75) is 33.6 Å². The fraction of sp³-hybridized carbons (Fsp3) is 0.500. The molecule has 1 amide bonds. The van der Waals surface area contributed by atoms with Crippen molar-refractivity contribution in [1.29, 1.82) is 0 Å². The SMILES string of the molecule is CCCN(CCC)c1ccc(C=NNC(=O)OCC)cc1. The first-order chi connectivity index (χ1) is 10.2. The lowest BCUT2D eigenvalue weighted by atomic mass is 10.2. The van der Waals surface area contributed by atoms with Crippen molar-refractivity contribution in [3.8, 4) is 0 Å². The summed E-state index contributed by atoms with van der Waals surface area (Å²) >= 11 is 0. The zero-order valence-electron chi connectivity index (χ0n) is 13.1. The largest absolute Gasteiger partial charge is 0.449 e. The van der Waals surface area contributed by atoms with Crippen LogP contribution >= 0.6 is 0 Å². The first-order valence-electron chi connectivity index (χ1n) is 7.52. The van der Waals surface area contributed by atoms with Crippen LogP contribution in [0.15, 0.2) is 29.4 Å². The number of nitrogens with zero attached hydrogens (tertiary/aromatic N) is 2. The molecule has 0 saturated heterocycles. The van der Waals surface area contributed by atoms with E-state index in [2.05, 4.69) is 41.4 Å². The van der Waals surface area contributed by atoms with E-state index < -0.39 is 6.09 Å². The van der Waals surface area contributed by atoms with Crippen molar-refractivity contribution in [3.05, 3.63) is 29.8 Å². The maximum absolute atomic E-state index is 11.1. The molecule has 0 bridgehead atoms. The zero-order valence-corrected chi connectivity index (χ0v) is 13.1. The summed E-state index contributed by atoms with van der Waals surface area (Å²) in [5.41, 5.74) is 4.46. The fourth-order valence-electron chi connectivity index (χ4n) is 2.00. The smallest absolute Gasteiger partial charge is 0.427 e. The van der Waals surface area contributed by atoms with Gasteiger partial charge in [-0.15, -0.1) is 0 Å². The second kappa shape index (κ2) is 9.80. The lowest BCUT2D eigenvalue weighted by Crippen LogP contribution is -2.24. The Bertz CT molecular complexity index is 437. The molecule has 0 saturated carbocycles. The zero-order chi connectivity index (χ0) is 15.5. The fourth-order valence-corrected chi connectivity index (χ4v) is 2.00. The van der Waals surface area contributed by atoms with E-state index in [1.54, 1.807) is 13.1 Å². The van der Waals surface area contributed by atoms with Crippen molar-refractivity contribution in [1.82, 2.24) is 5.43 Å². The number of amides is 1. The number of rotatable bonds is 8. The molecule has 5 nitrogen and oxygen atoms in total. The van der Waals surface area contributed by atoms with Crippen LogP contribution in [0.4, 0.5) is 10.5 Å². The third-order valence-electron chi connectivity index (χ3n) is 2.89. The van der Waals surface area contributed by atoms with Gasteiger partial charge >= 0.3 is 6.09 Å². The molecule has 5 heteroatoms. The summed E-state index contributed by atoms with van der Waals surface area (Å²) in [6.07, 6.45) is 3.33. The molecule has 0 radical (unpaired) electrons. The molecule has 0 fully saturated rings. The van der Waals surface area contributed by atoms with Crippen molar-refractivity contribution >= 4 is 18.0 Å². The van der Waals surface area contributed by atoms with Gasteiger partial charge in [0, 0.05) is 18.8 Å². The number of ether oxygens (including phenoxy) is 1. The molecular formula is C16H25N3O2. The van der Waals surface area contributed by atoms with Gasteiger partial charge in [0.1, 0.15) is 0 Å². The second-order valence-electron chi connectivity index (χ2n) is 4.67. The maximum Gasteiger partial charge on any atom is 0.427 e. The van der Waals surface area contributed by atoms with E-state index >= 15 is 0 Å². The first-order valence-corrected chi connectivity index (χ1v) is 7.52. The van der Waals surface area contributed by atoms with Gasteiger partial charge in [-0.05, 0) is 37.5 Å². The number of carbonyl (C=O) groups is 1. The standard InChI is InChI=1S/C16H25N3O2/c1-4-11-19(12-5-2)15-9-7-14(8-10-15)13-17-18-16(20)21-6-3/h7-10,13H,4-6,11-12H2,1-3H3,(H,18,20). The molecule has 0 spiro atoms. The summed E-state index contributed by atoms with van der Waals surface area (Å²) in [5.74, 6) is 0. The van der Waals surface area contributed by atoms with Crippen molar-refractivity contribution in [2.24, 2.45) is 5.10 Å². The molecule has 1 aromatic carbocycles. The molecule has 1 rings (SSSR count). The molecule has 0 aliphatic carbocycles. The minimum atomic E-state index is -0.539. The van der Waals surface area contributed by atoms with Gasteiger partial charge < -0.3 is 9.64 Å². The molecule has 0 heterocycles. The molecule has 0 unspecified atom stereocenters. The van der Waals surface area contributed by atoms with Crippen LogP contribution in [0, 0.1) is 0 Å². The summed E-state index contributed by atoms with van der Waals surface area (Å²) < 4.78 is 4.71. The molecule has 0 aromatic heterocycles. The predicted molar refractivity (Wildman–Crippen MR) is 87.0 cm³/mol. The van der Waals surface area contributed by atoms with Crippen LogP contribution < -0.4 is 10.3 Å². The lowest BCUT2D eigenvalue weighted by molar-refractivity contribution is 0.152. The van der Waals surface area contributed by atoms with E-state index in [1.807, 2.05) is 12.1 Å². The van der Waals surface area contributed by atoms with Gasteiger partial charge in [-0.1, -0.05) is 26.0 Å². The average molecular weight is 291 g/mol. The van der Waals surface area contributed by atoms with Gasteiger partial charge in [-0.3, -0.25) is 0 Å². The number of benzene rings is 1. The van der Waals surface area contributed by atoms with Crippen LogP contribution in [0.5, 0.6) is 0 Å². The maximum atomic E-state index is 11.1. The Morgan fingerprint density at radius 1 is 1.19 bits per heavy atom. The predicted octanol–water partition coefficient (Wildman–Crippen LogP) is 3.39. The summed E-state index contributed by atoms with van der Waals surface area (Å²) in [5, 5.41) is 3.84. The van der Waals surface area contributed by atoms with E-state index in [1.165, 1.54) is 5.69 Å². The van der Waals surface area contributed by atoms with Gasteiger partial charge in [-0.2, -0.15) is 5.10 Å². The Morgan fingerprint density at radius 3 is 2.33 bits per heavy atom. The Kier molecular flexibility index (Phi) is 7.94. The Morgan fingerprint density at radius 2 is 1.81 bits per heavy atom. The molecule has 0 aliphatic heterocycles. The number of anilines is 1. The highest BCUT2D eigenvalue weighted by Crippen LogP contribution is 2.15. The molecule has 116 valence electrons. The van der Waals surface area contributed by atoms with Crippen LogP contribution in [-0.2, 0) is 4.74 Å². The Balaban J connectivity index is 2.60. The third-order valence-corrected chi connectivity index (χ3v) is 2.89. The molecule has 1 aromatic rings. The number of hydrazone groups is 1. The van der Waals surface area contributed by atoms with Gasteiger partial charge in [0.15, 0.2) is 0 Å². The quantitative estimate of drug-likeness (QED) is 0.590. The normalized spacial score (nSPS) is 10.6. The number of hydrogen-bond acceptors (Lipinski definition) is 4. The monoisotopic (exact) mass is 291 g/mol. The van der Waals surface area contributed by atoms with E-state index in [-0.39, 0.29) is 0 Å². The Labute approximate surface area is 127 Å². The molecular weight excluding hydrogens is 266 g/mol. The number of nitrogens with one attached hydrogen (secondary N) is 1. The number of carbonyl (C=O) groups excluding carboxylic acids is 1. The van der Waals surface area contributed by atoms with Crippen molar-refractivity contribution in [3.63, 3.8) is 0 Å². The van der Waals surface area contributed by atoms with E-state index in [9.17, 15) is 4.79 Å². The van der Waals surface area contributed by atoms with Gasteiger partial charge in [0.25, 0.3) is 0 Å². The van der Waals surface area contributed by atoms with Crippen molar-refractivity contribution < 1.29 is 9.53 Å². The molecule has 0 atom stereocenters. The molecule has 0 aliphatic rings. The number of hydrogen-bond donors (Lipinski definition) is 1. The van der Waals surface area contributed by atoms with E-state index in [0.717, 1.165) is 31.5 Å². The lowest BCUT2D eigenvalue weighted by Gasteiger charge is -2.23. The van der Waals surface area contributed by atoms with Crippen LogP contribution in [0.2, 0.25) is 0 Å². The van der Waals surface area contributed by atoms with Gasteiger partial charge in [-0.25, -0.2) is 10.2 Å². The van der Waals surface area contributed by atoms with Gasteiger partial charge in [0.05, 0.1) is 12.8 Å². The van der Waals surface area contributed by atoms with Crippen LogP contribution in [0.1, 0.15) is 39.2 Å². The summed E-state index contributed by atoms with van der Waals surface area (Å²) in [6, 6.07) is 8.14. The highest BCUT2D eigenvalue weighted by atomic mass is 16.5. The third kappa shape index (κ3) is 6.29. The van der Waals surface area contributed by atoms with E-state index in [4.69, 9.17) is 4.74 Å². The van der Waals surface area contributed by atoms with Gasteiger partial charge in [0.2, 0.25) is 0 Å². The summed E-state index contributed by atoms with van der Waals surface area (Å²) in [4.78, 5) is 13.4. The topological polar surface area (TPSA) is 53.9 Å². The first kappa shape index (κ1) is 17.0. The average Bonchev–Trinajstić information content (AvgIpc) is 2.48. The molecule has 21 heavy (non-hydrogen) atoms. The van der Waals surface area contributed by atoms with Crippen molar-refractivity contribution in [2.75, 3.05) is 24.6 Å².